The number of rotatable bonds is 7. The summed E-state index contributed by atoms with van der Waals surface area (Å²) in [6, 6.07) is 5.85. The van der Waals surface area contributed by atoms with Crippen molar-refractivity contribution in [1.29, 1.82) is 0 Å². The van der Waals surface area contributed by atoms with Crippen LogP contribution in [-0.4, -0.2) is 30.8 Å². The molecule has 38 heavy (non-hydrogen) atoms. The van der Waals surface area contributed by atoms with Gasteiger partial charge in [-0.3, -0.25) is 9.59 Å². The first-order chi connectivity index (χ1) is 18.1. The number of alkyl halides is 3. The quantitative estimate of drug-likeness (QED) is 0.273. The van der Waals surface area contributed by atoms with E-state index < -0.39 is 34.8 Å². The molecule has 5 aromatic rings. The van der Waals surface area contributed by atoms with Gasteiger partial charge >= 0.3 is 6.18 Å². The van der Waals surface area contributed by atoms with E-state index in [-0.39, 0.29) is 28.9 Å². The van der Waals surface area contributed by atoms with Crippen LogP contribution in [0.25, 0.3) is 32.4 Å². The third kappa shape index (κ3) is 5.01. The van der Waals surface area contributed by atoms with Crippen molar-refractivity contribution in [3.63, 3.8) is 0 Å². The minimum absolute atomic E-state index is 0.192. The van der Waals surface area contributed by atoms with Crippen molar-refractivity contribution >= 4 is 38.0 Å². The van der Waals surface area contributed by atoms with Crippen LogP contribution >= 0.6 is 11.3 Å². The van der Waals surface area contributed by atoms with Crippen LogP contribution in [0.15, 0.2) is 57.8 Å². The molecule has 0 aliphatic heterocycles. The lowest BCUT2D eigenvalue weighted by Crippen LogP contribution is -2.27. The number of aromatic nitrogens is 5. The maximum absolute atomic E-state index is 15.0. The molecule has 0 aliphatic rings. The first kappa shape index (κ1) is 25.5. The summed E-state index contributed by atoms with van der Waals surface area (Å²) in [5.74, 6) is -0.387. The maximum atomic E-state index is 15.0. The van der Waals surface area contributed by atoms with E-state index in [1.165, 1.54) is 22.0 Å². The van der Waals surface area contributed by atoms with Gasteiger partial charge in [0.25, 0.3) is 11.1 Å². The molecule has 0 aliphatic carbocycles. The van der Waals surface area contributed by atoms with Gasteiger partial charge in [-0.15, -0.1) is 11.3 Å². The summed E-state index contributed by atoms with van der Waals surface area (Å²) in [5, 5.41) is 11.4. The number of aryl methyl sites for hydroxylation is 1. The van der Waals surface area contributed by atoms with E-state index in [0.29, 0.717) is 18.2 Å². The van der Waals surface area contributed by atoms with Gasteiger partial charge in [-0.2, -0.15) is 18.3 Å². The molecule has 0 amide bonds. The second-order valence-electron chi connectivity index (χ2n) is 8.78. The summed E-state index contributed by atoms with van der Waals surface area (Å²) >= 11 is 1.42. The average Bonchev–Trinajstić information content (AvgIpc) is 3.33. The SMILES string of the molecule is CC(CCCn1ccc2cc(-c3ncc4ccsc4n3)c(F)cc2c1=O)Nc1cn[nH]c(=O)c1C(F)(F)F. The minimum Gasteiger partial charge on any atom is -0.381 e. The molecule has 4 aromatic heterocycles. The number of anilines is 1. The van der Waals surface area contributed by atoms with E-state index in [0.717, 1.165) is 16.4 Å². The summed E-state index contributed by atoms with van der Waals surface area (Å²) in [6.45, 7) is 1.93. The van der Waals surface area contributed by atoms with Crippen LogP contribution in [0.3, 0.4) is 0 Å². The highest BCUT2D eigenvalue weighted by atomic mass is 32.1. The molecular weight excluding hydrogens is 524 g/mol. The summed E-state index contributed by atoms with van der Waals surface area (Å²) in [5.41, 5.74) is -3.28. The van der Waals surface area contributed by atoms with E-state index in [4.69, 9.17) is 0 Å². The van der Waals surface area contributed by atoms with Crippen molar-refractivity contribution in [3.05, 3.63) is 80.3 Å². The minimum atomic E-state index is -4.84. The number of pyridine rings is 1. The van der Waals surface area contributed by atoms with Gasteiger partial charge in [0.05, 0.1) is 22.8 Å². The lowest BCUT2D eigenvalue weighted by molar-refractivity contribution is -0.138. The van der Waals surface area contributed by atoms with Crippen molar-refractivity contribution in [1.82, 2.24) is 24.7 Å². The normalized spacial score (nSPS) is 12.8. The summed E-state index contributed by atoms with van der Waals surface area (Å²) in [6.07, 6.45) is 0.130. The van der Waals surface area contributed by atoms with Gasteiger partial charge in [0.15, 0.2) is 5.82 Å². The molecule has 8 nitrogen and oxygen atoms in total. The fraction of sp³-hybridized carbons (Fsp3) is 0.240. The number of fused-ring (bicyclic) bond motifs is 2. The zero-order valence-corrected chi connectivity index (χ0v) is 20.7. The Bertz CT molecular complexity index is 1760. The molecule has 13 heteroatoms. The number of thiophene rings is 1. The number of hydrogen-bond acceptors (Lipinski definition) is 7. The lowest BCUT2D eigenvalue weighted by Gasteiger charge is -2.18. The largest absolute Gasteiger partial charge is 0.423 e. The van der Waals surface area contributed by atoms with E-state index in [1.807, 2.05) is 11.4 Å². The Balaban J connectivity index is 1.30. The Morgan fingerprint density at radius 2 is 1.97 bits per heavy atom. The molecule has 0 saturated carbocycles. The van der Waals surface area contributed by atoms with Gasteiger partial charge in [0.1, 0.15) is 16.2 Å². The van der Waals surface area contributed by atoms with Gasteiger partial charge in [0, 0.05) is 30.4 Å². The van der Waals surface area contributed by atoms with Crippen LogP contribution in [0.1, 0.15) is 25.3 Å². The molecule has 1 aromatic carbocycles. The van der Waals surface area contributed by atoms with Crippen molar-refractivity contribution in [2.45, 2.75) is 38.5 Å². The first-order valence-corrected chi connectivity index (χ1v) is 12.4. The van der Waals surface area contributed by atoms with Gasteiger partial charge in [-0.1, -0.05) is 0 Å². The summed E-state index contributed by atoms with van der Waals surface area (Å²) < 4.78 is 56.2. The van der Waals surface area contributed by atoms with Crippen LogP contribution in [0.4, 0.5) is 23.2 Å². The van der Waals surface area contributed by atoms with Crippen molar-refractivity contribution < 1.29 is 17.6 Å². The third-order valence-corrected chi connectivity index (χ3v) is 6.91. The fourth-order valence-electron chi connectivity index (χ4n) is 4.23. The number of nitrogens with one attached hydrogen (secondary N) is 2. The van der Waals surface area contributed by atoms with Crippen LogP contribution in [0.2, 0.25) is 0 Å². The number of halogens is 4. The lowest BCUT2D eigenvalue weighted by atomic mass is 10.1. The molecule has 5 rings (SSSR count). The molecule has 1 atom stereocenters. The number of nitrogens with zero attached hydrogens (tertiary/aromatic N) is 4. The second kappa shape index (κ2) is 9.97. The van der Waals surface area contributed by atoms with E-state index in [1.54, 1.807) is 36.5 Å². The molecule has 2 N–H and O–H groups in total. The van der Waals surface area contributed by atoms with E-state index >= 15 is 4.39 Å². The number of benzene rings is 1. The molecule has 1 unspecified atom stereocenters. The van der Waals surface area contributed by atoms with Gasteiger partial charge in [0.2, 0.25) is 0 Å². The Kier molecular flexibility index (Phi) is 6.69. The molecular formula is C25H20F4N6O2S. The third-order valence-electron chi connectivity index (χ3n) is 6.09. The predicted octanol–water partition coefficient (Wildman–Crippen LogP) is 5.20. The van der Waals surface area contributed by atoms with Crippen molar-refractivity contribution in [3.8, 4) is 11.4 Å². The smallest absolute Gasteiger partial charge is 0.381 e. The van der Waals surface area contributed by atoms with Crippen molar-refractivity contribution in [2.24, 2.45) is 0 Å². The van der Waals surface area contributed by atoms with Crippen LogP contribution < -0.4 is 16.4 Å². The highest BCUT2D eigenvalue weighted by molar-refractivity contribution is 7.16. The second-order valence-corrected chi connectivity index (χ2v) is 9.68. The fourth-order valence-corrected chi connectivity index (χ4v) is 4.97. The maximum Gasteiger partial charge on any atom is 0.423 e. The molecule has 0 fully saturated rings. The Labute approximate surface area is 216 Å². The standard InChI is InChI=1S/C25H20F4N6O2S/c1-13(32-19-12-31-34-22(36)20(19)25(27,28)29)3-2-6-35-7-4-14-9-17(18(26)10-16(14)24(35)37)21-30-11-15-5-8-38-23(15)33-21/h4-5,7-13H,2-3,6H2,1H3,(H2,32,34,36). The average molecular weight is 545 g/mol. The van der Waals surface area contributed by atoms with E-state index in [9.17, 15) is 22.8 Å². The highest BCUT2D eigenvalue weighted by Gasteiger charge is 2.37. The molecule has 4 heterocycles. The van der Waals surface area contributed by atoms with Gasteiger partial charge < -0.3 is 9.88 Å². The topological polar surface area (TPSA) is 106 Å². The zero-order chi connectivity index (χ0) is 27.0. The zero-order valence-electron chi connectivity index (χ0n) is 19.8. The van der Waals surface area contributed by atoms with Crippen molar-refractivity contribution in [2.75, 3.05) is 5.32 Å². The van der Waals surface area contributed by atoms with Crippen LogP contribution in [0, 0.1) is 5.82 Å². The molecule has 196 valence electrons. The molecule has 0 bridgehead atoms. The Hall–Kier alpha value is -4.13. The summed E-state index contributed by atoms with van der Waals surface area (Å²) in [7, 11) is 0. The number of hydrogen-bond donors (Lipinski definition) is 2. The van der Waals surface area contributed by atoms with Gasteiger partial charge in [-0.05, 0) is 54.8 Å². The molecule has 0 radical (unpaired) electrons. The Morgan fingerprint density at radius 1 is 1.16 bits per heavy atom. The van der Waals surface area contributed by atoms with E-state index in [2.05, 4.69) is 20.4 Å². The first-order valence-electron chi connectivity index (χ1n) is 11.6. The molecule has 0 spiro atoms. The monoisotopic (exact) mass is 544 g/mol. The van der Waals surface area contributed by atoms with Gasteiger partial charge in [-0.25, -0.2) is 19.5 Å². The Morgan fingerprint density at radius 3 is 2.76 bits per heavy atom. The predicted molar refractivity (Wildman–Crippen MR) is 137 cm³/mol. The molecule has 0 saturated heterocycles. The van der Waals surface area contributed by atoms with Crippen LogP contribution in [-0.2, 0) is 12.7 Å². The highest BCUT2D eigenvalue weighted by Crippen LogP contribution is 2.32. The number of aromatic amines is 1. The summed E-state index contributed by atoms with van der Waals surface area (Å²) in [4.78, 5) is 34.0. The van der Waals surface area contributed by atoms with Crippen LogP contribution in [0.5, 0.6) is 0 Å². The number of H-pyrrole nitrogens is 1.